The molecular weight excluding hydrogens is 293 g/mol. The summed E-state index contributed by atoms with van der Waals surface area (Å²) in [5.74, 6) is 0. The van der Waals surface area contributed by atoms with E-state index in [2.05, 4.69) is 0 Å². The van der Waals surface area contributed by atoms with E-state index in [1.165, 1.54) is 77.0 Å². The minimum absolute atomic E-state index is 0.856. The van der Waals surface area contributed by atoms with Crippen LogP contribution in [0.25, 0.3) is 0 Å². The molecule has 1 nitrogen and oxygen atoms in total. The van der Waals surface area contributed by atoms with E-state index in [9.17, 15) is 0 Å². The molecule has 0 fully saturated rings. The van der Waals surface area contributed by atoms with Crippen molar-refractivity contribution in [3.05, 3.63) is 0 Å². The van der Waals surface area contributed by atoms with Crippen LogP contribution >= 0.6 is 22.2 Å². The van der Waals surface area contributed by atoms with E-state index in [1.807, 2.05) is 6.55 Å². The van der Waals surface area contributed by atoms with Crippen molar-refractivity contribution in [1.29, 1.82) is 0 Å². The molecule has 0 bridgehead atoms. The van der Waals surface area contributed by atoms with Crippen LogP contribution in [0.3, 0.4) is 0 Å². The monoisotopic (exact) mass is 325 g/mol. The maximum atomic E-state index is 6.07. The van der Waals surface area contributed by atoms with Crippen molar-refractivity contribution in [3.8, 4) is 0 Å². The molecule has 0 atom stereocenters. The normalized spacial score (nSPS) is 12.0. The highest BCUT2D eigenvalue weighted by Gasteiger charge is 2.19. The third kappa shape index (κ3) is 18.8. The molecule has 116 valence electrons. The Labute approximate surface area is 131 Å². The SMILES string of the molecule is C[Si](Cl)(Cl)CCCCCCCCCCCCCCN. The lowest BCUT2D eigenvalue weighted by molar-refractivity contribution is 0.545. The number of halogens is 2. The standard InChI is InChI=1S/C15H33Cl2NSi/c1-19(16,17)15-13-11-9-7-5-3-2-4-6-8-10-12-14-18/h2-15,18H2,1H3. The number of unbranched alkanes of at least 4 members (excludes halogenated alkanes) is 11. The Balaban J connectivity index is 2.99. The number of rotatable bonds is 14. The van der Waals surface area contributed by atoms with E-state index in [-0.39, 0.29) is 0 Å². The van der Waals surface area contributed by atoms with Gasteiger partial charge in [0.05, 0.1) is 0 Å². The van der Waals surface area contributed by atoms with Crippen LogP contribution in [0.2, 0.25) is 12.6 Å². The van der Waals surface area contributed by atoms with Gasteiger partial charge in [-0.3, -0.25) is 0 Å². The van der Waals surface area contributed by atoms with E-state index in [0.29, 0.717) is 0 Å². The first kappa shape index (κ1) is 19.8. The van der Waals surface area contributed by atoms with Crippen LogP contribution in [0.15, 0.2) is 0 Å². The predicted molar refractivity (Wildman–Crippen MR) is 92.6 cm³/mol. The lowest BCUT2D eigenvalue weighted by Gasteiger charge is -2.09. The summed E-state index contributed by atoms with van der Waals surface area (Å²) in [4.78, 5) is 0. The van der Waals surface area contributed by atoms with Gasteiger partial charge in [0.25, 0.3) is 0 Å². The molecule has 0 spiro atoms. The van der Waals surface area contributed by atoms with Crippen LogP contribution in [0, 0.1) is 0 Å². The van der Waals surface area contributed by atoms with Crippen LogP contribution < -0.4 is 5.73 Å². The topological polar surface area (TPSA) is 26.0 Å². The Morgan fingerprint density at radius 2 is 0.947 bits per heavy atom. The Bertz CT molecular complexity index is 183. The van der Waals surface area contributed by atoms with E-state index < -0.39 is 6.69 Å². The third-order valence-electron chi connectivity index (χ3n) is 3.57. The molecule has 2 N–H and O–H groups in total. The summed E-state index contributed by atoms with van der Waals surface area (Å²) in [6.45, 7) is 1.05. The predicted octanol–water partition coefficient (Wildman–Crippen LogP) is 6.18. The minimum atomic E-state index is -1.82. The zero-order valence-corrected chi connectivity index (χ0v) is 15.2. The second kappa shape index (κ2) is 13.7. The fraction of sp³-hybridized carbons (Fsp3) is 1.00. The molecule has 19 heavy (non-hydrogen) atoms. The first-order valence-corrected chi connectivity index (χ1v) is 12.9. The third-order valence-corrected chi connectivity index (χ3v) is 5.94. The Kier molecular flexibility index (Phi) is 14.3. The lowest BCUT2D eigenvalue weighted by Crippen LogP contribution is -2.11. The van der Waals surface area contributed by atoms with E-state index in [4.69, 9.17) is 27.9 Å². The summed E-state index contributed by atoms with van der Waals surface area (Å²) < 4.78 is 0. The summed E-state index contributed by atoms with van der Waals surface area (Å²) in [5, 5.41) is 0. The minimum Gasteiger partial charge on any atom is -0.330 e. The molecule has 0 unspecified atom stereocenters. The molecule has 0 rings (SSSR count). The van der Waals surface area contributed by atoms with Gasteiger partial charge in [0.2, 0.25) is 6.69 Å². The van der Waals surface area contributed by atoms with E-state index >= 15 is 0 Å². The highest BCUT2D eigenvalue weighted by atomic mass is 35.7. The maximum absolute atomic E-state index is 6.07. The van der Waals surface area contributed by atoms with Crippen molar-refractivity contribution in [2.45, 2.75) is 89.6 Å². The highest BCUT2D eigenvalue weighted by molar-refractivity contribution is 7.44. The molecule has 0 aliphatic heterocycles. The zero-order chi connectivity index (χ0) is 14.4. The second-order valence-electron chi connectivity index (χ2n) is 5.85. The molecule has 0 heterocycles. The van der Waals surface area contributed by atoms with Gasteiger partial charge in [-0.25, -0.2) is 0 Å². The van der Waals surface area contributed by atoms with Crippen molar-refractivity contribution >= 4 is 28.9 Å². The van der Waals surface area contributed by atoms with Gasteiger partial charge < -0.3 is 5.73 Å². The summed E-state index contributed by atoms with van der Waals surface area (Å²) in [7, 11) is 0. The summed E-state index contributed by atoms with van der Waals surface area (Å²) in [6, 6.07) is 1.05. The molecular formula is C15H33Cl2NSi. The van der Waals surface area contributed by atoms with Crippen molar-refractivity contribution < 1.29 is 0 Å². The van der Waals surface area contributed by atoms with E-state index in [0.717, 1.165) is 12.6 Å². The Morgan fingerprint density at radius 1 is 0.632 bits per heavy atom. The molecule has 0 aromatic rings. The highest BCUT2D eigenvalue weighted by Crippen LogP contribution is 2.23. The quantitative estimate of drug-likeness (QED) is 0.230. The fourth-order valence-corrected chi connectivity index (χ4v) is 4.02. The van der Waals surface area contributed by atoms with Crippen LogP contribution in [-0.4, -0.2) is 13.2 Å². The summed E-state index contributed by atoms with van der Waals surface area (Å²) >= 11 is 12.1. The fourth-order valence-electron chi connectivity index (χ4n) is 2.35. The van der Waals surface area contributed by atoms with Gasteiger partial charge in [0.1, 0.15) is 0 Å². The van der Waals surface area contributed by atoms with Crippen LogP contribution in [0.4, 0.5) is 0 Å². The van der Waals surface area contributed by atoms with Gasteiger partial charge in [-0.2, -0.15) is 0 Å². The van der Waals surface area contributed by atoms with Gasteiger partial charge in [-0.1, -0.05) is 70.6 Å². The first-order chi connectivity index (χ1) is 9.06. The van der Waals surface area contributed by atoms with Crippen molar-refractivity contribution in [2.75, 3.05) is 6.54 Å². The lowest BCUT2D eigenvalue weighted by atomic mass is 10.1. The molecule has 0 radical (unpaired) electrons. The molecule has 0 aromatic heterocycles. The van der Waals surface area contributed by atoms with Gasteiger partial charge in [-0.15, -0.1) is 22.2 Å². The molecule has 0 amide bonds. The van der Waals surface area contributed by atoms with Gasteiger partial charge >= 0.3 is 0 Å². The summed E-state index contributed by atoms with van der Waals surface area (Å²) in [6.07, 6.45) is 16.2. The largest absolute Gasteiger partial charge is 0.330 e. The number of hydrogen-bond donors (Lipinski definition) is 1. The number of hydrogen-bond acceptors (Lipinski definition) is 1. The van der Waals surface area contributed by atoms with Crippen LogP contribution in [0.1, 0.15) is 77.0 Å². The smallest absolute Gasteiger partial charge is 0.248 e. The molecule has 0 saturated heterocycles. The van der Waals surface area contributed by atoms with Gasteiger partial charge in [-0.05, 0) is 25.6 Å². The molecule has 0 aliphatic rings. The zero-order valence-electron chi connectivity index (χ0n) is 12.7. The van der Waals surface area contributed by atoms with Gasteiger partial charge in [0, 0.05) is 0 Å². The van der Waals surface area contributed by atoms with Gasteiger partial charge in [0.15, 0.2) is 0 Å². The van der Waals surface area contributed by atoms with Crippen LogP contribution in [-0.2, 0) is 0 Å². The molecule has 0 aliphatic carbocycles. The maximum Gasteiger partial charge on any atom is 0.248 e. The van der Waals surface area contributed by atoms with Crippen molar-refractivity contribution in [3.63, 3.8) is 0 Å². The second-order valence-corrected chi connectivity index (χ2v) is 14.1. The number of nitrogens with two attached hydrogens (primary N) is 1. The average Bonchev–Trinajstić information content (AvgIpc) is 2.34. The van der Waals surface area contributed by atoms with E-state index in [1.54, 1.807) is 0 Å². The van der Waals surface area contributed by atoms with Crippen molar-refractivity contribution in [1.82, 2.24) is 0 Å². The molecule has 4 heteroatoms. The average molecular weight is 326 g/mol. The van der Waals surface area contributed by atoms with Crippen molar-refractivity contribution in [2.24, 2.45) is 5.73 Å². The first-order valence-electron chi connectivity index (χ1n) is 8.14. The Morgan fingerprint density at radius 3 is 1.26 bits per heavy atom. The molecule has 0 aromatic carbocycles. The summed E-state index contributed by atoms with van der Waals surface area (Å²) in [5.41, 5.74) is 5.47. The molecule has 0 saturated carbocycles. The Hall–Kier alpha value is 0.757. The van der Waals surface area contributed by atoms with Crippen LogP contribution in [0.5, 0.6) is 0 Å².